The number of aryl methyl sites for hydroxylation is 3. The number of hydrogen-bond donors (Lipinski definition) is 1. The first-order valence-corrected chi connectivity index (χ1v) is 11.9. The maximum atomic E-state index is 12.8. The number of nitrogens with zero attached hydrogens (tertiary/aromatic N) is 4. The standard InChI is InChI=1S/C22H27N5O2S2/c1-4-17-8-5-6-10-19(17)24-20(28)14-26(3)21(29)16(2)31-22-25-23-15-27(22)12-11-18-9-7-13-30-18/h5-10,13,15-16H,4,11-12,14H2,1-3H3,(H,24,28). The zero-order chi connectivity index (χ0) is 22.2. The second-order valence-corrected chi connectivity index (χ2v) is 9.49. The molecule has 9 heteroatoms. The van der Waals surface area contributed by atoms with Crippen molar-refractivity contribution in [3.05, 3.63) is 58.5 Å². The van der Waals surface area contributed by atoms with Crippen molar-refractivity contribution in [2.45, 2.75) is 43.6 Å². The first kappa shape index (κ1) is 23.0. The number of rotatable bonds is 10. The van der Waals surface area contributed by atoms with Crippen LogP contribution in [-0.4, -0.2) is 50.3 Å². The molecule has 3 aromatic rings. The van der Waals surface area contributed by atoms with E-state index in [0.29, 0.717) is 5.16 Å². The number of anilines is 1. The lowest BCUT2D eigenvalue weighted by Crippen LogP contribution is -2.39. The van der Waals surface area contributed by atoms with Gasteiger partial charge in [-0.25, -0.2) is 0 Å². The Morgan fingerprint density at radius 2 is 2.06 bits per heavy atom. The van der Waals surface area contributed by atoms with Gasteiger partial charge < -0.3 is 14.8 Å². The van der Waals surface area contributed by atoms with Crippen LogP contribution in [0.4, 0.5) is 5.69 Å². The normalized spacial score (nSPS) is 11.8. The van der Waals surface area contributed by atoms with Crippen LogP contribution in [-0.2, 0) is 29.0 Å². The van der Waals surface area contributed by atoms with E-state index in [2.05, 4.69) is 27.0 Å². The average Bonchev–Trinajstić information content (AvgIpc) is 3.43. The number of amides is 2. The van der Waals surface area contributed by atoms with Crippen LogP contribution in [0, 0.1) is 0 Å². The quantitative estimate of drug-likeness (QED) is 0.469. The molecule has 0 saturated heterocycles. The van der Waals surface area contributed by atoms with Crippen molar-refractivity contribution in [2.75, 3.05) is 18.9 Å². The van der Waals surface area contributed by atoms with Gasteiger partial charge in [0.05, 0.1) is 11.8 Å². The lowest BCUT2D eigenvalue weighted by Gasteiger charge is -2.21. The summed E-state index contributed by atoms with van der Waals surface area (Å²) in [7, 11) is 1.65. The van der Waals surface area contributed by atoms with Crippen molar-refractivity contribution in [2.24, 2.45) is 0 Å². The summed E-state index contributed by atoms with van der Waals surface area (Å²) in [5.41, 5.74) is 1.85. The summed E-state index contributed by atoms with van der Waals surface area (Å²) in [4.78, 5) is 28.0. The lowest BCUT2D eigenvalue weighted by atomic mass is 10.1. The third-order valence-corrected chi connectivity index (χ3v) is 6.84. The molecular formula is C22H27N5O2S2. The van der Waals surface area contributed by atoms with Crippen LogP contribution in [0.3, 0.4) is 0 Å². The number of carbonyl (C=O) groups is 2. The van der Waals surface area contributed by atoms with Crippen LogP contribution in [0.5, 0.6) is 0 Å². The molecule has 1 atom stereocenters. The molecule has 2 aromatic heterocycles. The zero-order valence-corrected chi connectivity index (χ0v) is 19.6. The predicted molar refractivity (Wildman–Crippen MR) is 125 cm³/mol. The van der Waals surface area contributed by atoms with Crippen LogP contribution in [0.15, 0.2) is 53.3 Å². The minimum atomic E-state index is -0.384. The largest absolute Gasteiger partial charge is 0.335 e. The Bertz CT molecular complexity index is 1000. The number of likely N-dealkylation sites (N-methyl/N-ethyl adjacent to an activating group) is 1. The van der Waals surface area contributed by atoms with Gasteiger partial charge in [-0.15, -0.1) is 21.5 Å². The van der Waals surface area contributed by atoms with Crippen molar-refractivity contribution in [3.63, 3.8) is 0 Å². The first-order valence-electron chi connectivity index (χ1n) is 10.2. The number of thiophene rings is 1. The van der Waals surface area contributed by atoms with Crippen molar-refractivity contribution >= 4 is 40.6 Å². The molecule has 0 aliphatic carbocycles. The number of aromatic nitrogens is 3. The Morgan fingerprint density at radius 1 is 1.26 bits per heavy atom. The SMILES string of the molecule is CCc1ccccc1NC(=O)CN(C)C(=O)C(C)Sc1nncn1CCc1cccs1. The molecule has 1 aromatic carbocycles. The summed E-state index contributed by atoms with van der Waals surface area (Å²) in [6.45, 7) is 4.61. The van der Waals surface area contributed by atoms with Gasteiger partial charge in [0.1, 0.15) is 6.33 Å². The maximum Gasteiger partial charge on any atom is 0.243 e. The topological polar surface area (TPSA) is 80.1 Å². The van der Waals surface area contributed by atoms with E-state index < -0.39 is 0 Å². The monoisotopic (exact) mass is 457 g/mol. The summed E-state index contributed by atoms with van der Waals surface area (Å²) < 4.78 is 1.96. The van der Waals surface area contributed by atoms with Crippen molar-refractivity contribution in [1.29, 1.82) is 0 Å². The molecule has 1 unspecified atom stereocenters. The molecule has 2 heterocycles. The van der Waals surface area contributed by atoms with Crippen molar-refractivity contribution in [3.8, 4) is 0 Å². The van der Waals surface area contributed by atoms with E-state index in [1.165, 1.54) is 21.5 Å². The molecular weight excluding hydrogens is 430 g/mol. The van der Waals surface area contributed by atoms with Gasteiger partial charge in [0.2, 0.25) is 11.8 Å². The molecule has 0 spiro atoms. The Kier molecular flexibility index (Phi) is 8.25. The third-order valence-electron chi connectivity index (χ3n) is 4.82. The molecule has 0 aliphatic heterocycles. The minimum absolute atomic E-state index is 0.00709. The first-order chi connectivity index (χ1) is 15.0. The molecule has 1 N–H and O–H groups in total. The predicted octanol–water partition coefficient (Wildman–Crippen LogP) is 3.72. The molecule has 3 rings (SSSR count). The van der Waals surface area contributed by atoms with Crippen LogP contribution in [0.25, 0.3) is 0 Å². The molecule has 0 radical (unpaired) electrons. The highest BCUT2D eigenvalue weighted by Crippen LogP contribution is 2.23. The van der Waals surface area contributed by atoms with E-state index in [1.54, 1.807) is 24.7 Å². The van der Waals surface area contributed by atoms with Gasteiger partial charge in [0.25, 0.3) is 0 Å². The summed E-state index contributed by atoms with van der Waals surface area (Å²) in [6, 6.07) is 11.8. The molecule has 31 heavy (non-hydrogen) atoms. The summed E-state index contributed by atoms with van der Waals surface area (Å²) in [5, 5.41) is 13.4. The van der Waals surface area contributed by atoms with E-state index in [9.17, 15) is 9.59 Å². The van der Waals surface area contributed by atoms with E-state index in [-0.39, 0.29) is 23.6 Å². The molecule has 2 amide bonds. The van der Waals surface area contributed by atoms with Crippen LogP contribution >= 0.6 is 23.1 Å². The Balaban J connectivity index is 1.52. The number of nitrogens with one attached hydrogen (secondary N) is 1. The molecule has 0 fully saturated rings. The second-order valence-electron chi connectivity index (χ2n) is 7.15. The van der Waals surface area contributed by atoms with Gasteiger partial charge in [-0.3, -0.25) is 9.59 Å². The Hall–Kier alpha value is -2.65. The summed E-state index contributed by atoms with van der Waals surface area (Å²) in [6.07, 6.45) is 3.41. The minimum Gasteiger partial charge on any atom is -0.335 e. The molecule has 0 aliphatic rings. The van der Waals surface area contributed by atoms with Gasteiger partial charge in [-0.2, -0.15) is 0 Å². The van der Waals surface area contributed by atoms with Crippen LogP contribution in [0.2, 0.25) is 0 Å². The van der Waals surface area contributed by atoms with Gasteiger partial charge >= 0.3 is 0 Å². The highest BCUT2D eigenvalue weighted by molar-refractivity contribution is 8.00. The van der Waals surface area contributed by atoms with E-state index in [0.717, 1.165) is 30.6 Å². The van der Waals surface area contributed by atoms with E-state index in [4.69, 9.17) is 0 Å². The van der Waals surface area contributed by atoms with E-state index >= 15 is 0 Å². The van der Waals surface area contributed by atoms with Gasteiger partial charge in [-0.05, 0) is 42.8 Å². The van der Waals surface area contributed by atoms with Crippen molar-refractivity contribution in [1.82, 2.24) is 19.7 Å². The van der Waals surface area contributed by atoms with Crippen molar-refractivity contribution < 1.29 is 9.59 Å². The van der Waals surface area contributed by atoms with Gasteiger partial charge in [0.15, 0.2) is 5.16 Å². The van der Waals surface area contributed by atoms with Gasteiger partial charge in [-0.1, -0.05) is 43.0 Å². The average molecular weight is 458 g/mol. The molecule has 7 nitrogen and oxygen atoms in total. The van der Waals surface area contributed by atoms with Crippen LogP contribution in [0.1, 0.15) is 24.3 Å². The smallest absolute Gasteiger partial charge is 0.243 e. The number of benzene rings is 1. The number of hydrogen-bond acceptors (Lipinski definition) is 6. The molecule has 164 valence electrons. The number of para-hydroxylation sites is 1. The maximum absolute atomic E-state index is 12.8. The fourth-order valence-corrected chi connectivity index (χ4v) is 4.79. The number of thioether (sulfide) groups is 1. The van der Waals surface area contributed by atoms with E-state index in [1.807, 2.05) is 48.7 Å². The lowest BCUT2D eigenvalue weighted by molar-refractivity contribution is -0.132. The molecule has 0 bridgehead atoms. The zero-order valence-electron chi connectivity index (χ0n) is 17.9. The highest BCUT2D eigenvalue weighted by atomic mass is 32.2. The van der Waals surface area contributed by atoms with Crippen LogP contribution < -0.4 is 5.32 Å². The third kappa shape index (κ3) is 6.41. The van der Waals surface area contributed by atoms with Gasteiger partial charge in [0, 0.05) is 24.2 Å². The summed E-state index contributed by atoms with van der Waals surface area (Å²) in [5.74, 6) is -0.343. The highest BCUT2D eigenvalue weighted by Gasteiger charge is 2.23. The summed E-state index contributed by atoms with van der Waals surface area (Å²) >= 11 is 3.08. The Morgan fingerprint density at radius 3 is 2.81 bits per heavy atom. The fraction of sp³-hybridized carbons (Fsp3) is 0.364. The number of carbonyl (C=O) groups excluding carboxylic acids is 2. The molecule has 0 saturated carbocycles. The Labute approximate surface area is 190 Å². The second kappa shape index (κ2) is 11.1. The fourth-order valence-electron chi connectivity index (χ4n) is 3.13.